The lowest BCUT2D eigenvalue weighted by Gasteiger charge is -2.23. The van der Waals surface area contributed by atoms with Crippen molar-refractivity contribution in [2.75, 3.05) is 32.8 Å². The number of hydrogen-bond acceptors (Lipinski definition) is 1. The molecule has 0 spiro atoms. The van der Waals surface area contributed by atoms with Gasteiger partial charge in [0.1, 0.15) is 0 Å². The molecule has 0 fully saturated rings. The molecule has 0 aliphatic carbocycles. The molecule has 0 saturated heterocycles. The van der Waals surface area contributed by atoms with Crippen LogP contribution in [-0.4, -0.2) is 42.5 Å². The van der Waals surface area contributed by atoms with Crippen LogP contribution in [0.15, 0.2) is 0 Å². The maximum Gasteiger partial charge on any atom is 0.0197 e. The van der Waals surface area contributed by atoms with Crippen molar-refractivity contribution in [2.24, 2.45) is 11.8 Å². The zero-order valence-corrected chi connectivity index (χ0v) is 21.0. The van der Waals surface area contributed by atoms with E-state index in [9.17, 15) is 0 Å². The molecule has 0 aliphatic rings. The standard InChI is InChI=1S/C12H20Br6S/c13-3-1-11(17)9(5-15)7-19-8-10(6-16)12(18)2-4-14/h9-12H,1-8H2. The van der Waals surface area contributed by atoms with Crippen molar-refractivity contribution in [3.63, 3.8) is 0 Å². The SMILES string of the molecule is BrCCC(Br)C(CBr)CSCC(CBr)C(Br)CCBr. The van der Waals surface area contributed by atoms with Crippen molar-refractivity contribution in [1.29, 1.82) is 0 Å². The maximum atomic E-state index is 3.80. The second-order valence-electron chi connectivity index (χ2n) is 4.35. The summed E-state index contributed by atoms with van der Waals surface area (Å²) < 4.78 is 0. The Balaban J connectivity index is 4.02. The van der Waals surface area contributed by atoms with Crippen molar-refractivity contribution < 1.29 is 0 Å². The first kappa shape index (κ1) is 22.2. The average Bonchev–Trinajstić information content (AvgIpc) is 2.39. The summed E-state index contributed by atoms with van der Waals surface area (Å²) in [4.78, 5) is 1.20. The van der Waals surface area contributed by atoms with Gasteiger partial charge in [-0.2, -0.15) is 11.8 Å². The highest BCUT2D eigenvalue weighted by Gasteiger charge is 2.20. The van der Waals surface area contributed by atoms with E-state index in [-0.39, 0.29) is 0 Å². The second kappa shape index (κ2) is 14.8. The third kappa shape index (κ3) is 10.6. The second-order valence-corrected chi connectivity index (χ2v) is 10.7. The van der Waals surface area contributed by atoms with Gasteiger partial charge in [-0.25, -0.2) is 0 Å². The van der Waals surface area contributed by atoms with Gasteiger partial charge in [0.25, 0.3) is 0 Å². The van der Waals surface area contributed by atoms with Gasteiger partial charge in [-0.1, -0.05) is 95.6 Å². The zero-order valence-electron chi connectivity index (χ0n) is 10.6. The molecule has 0 aromatic rings. The molecule has 0 aromatic carbocycles. The molecule has 0 aromatic heterocycles. The molecule has 19 heavy (non-hydrogen) atoms. The minimum Gasteiger partial charge on any atom is -0.161 e. The average molecular weight is 676 g/mol. The maximum absolute atomic E-state index is 3.80. The van der Waals surface area contributed by atoms with Crippen LogP contribution in [0.2, 0.25) is 0 Å². The van der Waals surface area contributed by atoms with Gasteiger partial charge in [0, 0.05) is 31.0 Å². The fraction of sp³-hybridized carbons (Fsp3) is 1.00. The molecule has 116 valence electrons. The monoisotopic (exact) mass is 670 g/mol. The Morgan fingerprint density at radius 2 is 1.05 bits per heavy atom. The Morgan fingerprint density at radius 1 is 0.684 bits per heavy atom. The Morgan fingerprint density at radius 3 is 1.32 bits per heavy atom. The van der Waals surface area contributed by atoms with E-state index in [0.29, 0.717) is 21.5 Å². The molecule has 0 nitrogen and oxygen atoms in total. The van der Waals surface area contributed by atoms with E-state index >= 15 is 0 Å². The van der Waals surface area contributed by atoms with Crippen LogP contribution < -0.4 is 0 Å². The van der Waals surface area contributed by atoms with E-state index in [1.807, 2.05) is 0 Å². The summed E-state index contributed by atoms with van der Waals surface area (Å²) in [5.74, 6) is 3.82. The van der Waals surface area contributed by atoms with Crippen LogP contribution in [0.1, 0.15) is 12.8 Å². The third-order valence-corrected chi connectivity index (χ3v) is 9.17. The number of halogens is 6. The lowest BCUT2D eigenvalue weighted by Crippen LogP contribution is -2.22. The van der Waals surface area contributed by atoms with Crippen LogP contribution in [-0.2, 0) is 0 Å². The lowest BCUT2D eigenvalue weighted by molar-refractivity contribution is 0.616. The Bertz CT molecular complexity index is 187. The minimum atomic E-state index is 0.600. The lowest BCUT2D eigenvalue weighted by atomic mass is 10.1. The predicted octanol–water partition coefficient (Wildman–Crippen LogP) is 6.84. The Hall–Kier alpha value is 3.23. The number of rotatable bonds is 12. The summed E-state index contributed by atoms with van der Waals surface area (Å²) in [6.07, 6.45) is 2.37. The molecule has 0 aliphatic heterocycles. The third-order valence-electron chi connectivity index (χ3n) is 2.85. The topological polar surface area (TPSA) is 0 Å². The molecule has 0 bridgehead atoms. The van der Waals surface area contributed by atoms with Crippen LogP contribution in [0.5, 0.6) is 0 Å². The number of hydrogen-bond donors (Lipinski definition) is 0. The van der Waals surface area contributed by atoms with Crippen LogP contribution in [0.4, 0.5) is 0 Å². The van der Waals surface area contributed by atoms with Crippen molar-refractivity contribution in [3.8, 4) is 0 Å². The molecule has 4 unspecified atom stereocenters. The van der Waals surface area contributed by atoms with Gasteiger partial charge in [0.2, 0.25) is 0 Å². The smallest absolute Gasteiger partial charge is 0.0197 e. The summed E-state index contributed by atoms with van der Waals surface area (Å²) >= 11 is 24.0. The van der Waals surface area contributed by atoms with Gasteiger partial charge in [0.05, 0.1) is 0 Å². The molecule has 0 heterocycles. The van der Waals surface area contributed by atoms with Gasteiger partial charge in [0.15, 0.2) is 0 Å². The molecule has 0 rings (SSSR count). The van der Waals surface area contributed by atoms with Crippen LogP contribution in [0.3, 0.4) is 0 Å². The molecule has 0 amide bonds. The normalized spacial score (nSPS) is 18.0. The molecule has 4 atom stereocenters. The summed E-state index contributed by atoms with van der Waals surface area (Å²) in [5.41, 5.74) is 0. The predicted molar refractivity (Wildman–Crippen MR) is 114 cm³/mol. The largest absolute Gasteiger partial charge is 0.161 e. The van der Waals surface area contributed by atoms with Crippen molar-refractivity contribution in [2.45, 2.75) is 22.5 Å². The Kier molecular flexibility index (Phi) is 17.3. The van der Waals surface area contributed by atoms with E-state index < -0.39 is 0 Å². The van der Waals surface area contributed by atoms with Gasteiger partial charge in [-0.15, -0.1) is 0 Å². The van der Waals surface area contributed by atoms with Gasteiger partial charge in [-0.05, 0) is 36.2 Å². The van der Waals surface area contributed by atoms with Gasteiger partial charge < -0.3 is 0 Å². The fourth-order valence-corrected chi connectivity index (χ4v) is 9.87. The molecule has 0 N–H and O–H groups in total. The molecular formula is C12H20Br6S. The molecule has 7 heteroatoms. The minimum absolute atomic E-state index is 0.600. The van der Waals surface area contributed by atoms with Crippen molar-refractivity contribution in [1.82, 2.24) is 0 Å². The van der Waals surface area contributed by atoms with Gasteiger partial charge >= 0.3 is 0 Å². The molecular weight excluding hydrogens is 656 g/mol. The first-order valence-corrected chi connectivity index (χ1v) is 13.7. The van der Waals surface area contributed by atoms with Crippen LogP contribution >= 0.6 is 107 Å². The van der Waals surface area contributed by atoms with Crippen molar-refractivity contribution >= 4 is 107 Å². The quantitative estimate of drug-likeness (QED) is 0.204. The van der Waals surface area contributed by atoms with E-state index in [2.05, 4.69) is 107 Å². The first-order valence-electron chi connectivity index (χ1n) is 6.20. The first-order chi connectivity index (χ1) is 9.10. The van der Waals surface area contributed by atoms with E-state index in [1.54, 1.807) is 0 Å². The highest BCUT2D eigenvalue weighted by Crippen LogP contribution is 2.28. The zero-order chi connectivity index (χ0) is 14.7. The highest BCUT2D eigenvalue weighted by molar-refractivity contribution is 9.10. The summed E-state index contributed by atoms with van der Waals surface area (Å²) in [7, 11) is 0. The number of alkyl halides is 6. The van der Waals surface area contributed by atoms with Crippen molar-refractivity contribution in [3.05, 3.63) is 0 Å². The van der Waals surface area contributed by atoms with Crippen LogP contribution in [0.25, 0.3) is 0 Å². The molecule has 0 saturated carbocycles. The fourth-order valence-electron chi connectivity index (χ4n) is 1.54. The van der Waals surface area contributed by atoms with E-state index in [4.69, 9.17) is 0 Å². The molecule has 0 radical (unpaired) electrons. The van der Waals surface area contributed by atoms with Gasteiger partial charge in [-0.3, -0.25) is 0 Å². The van der Waals surface area contributed by atoms with E-state index in [0.717, 1.165) is 21.3 Å². The van der Waals surface area contributed by atoms with E-state index in [1.165, 1.54) is 24.3 Å². The summed E-state index contributed by atoms with van der Waals surface area (Å²) in [5, 5.41) is 4.27. The van der Waals surface area contributed by atoms with Crippen LogP contribution in [0, 0.1) is 11.8 Å². The number of thioether (sulfide) groups is 1. The Labute approximate surface area is 172 Å². The summed E-state index contributed by atoms with van der Waals surface area (Å²) in [6.45, 7) is 0. The summed E-state index contributed by atoms with van der Waals surface area (Å²) in [6, 6.07) is 0. The highest BCUT2D eigenvalue weighted by atomic mass is 79.9.